The molecule has 164 valence electrons. The Morgan fingerprint density at radius 2 is 2.10 bits per heavy atom. The molecule has 3 aromatic rings. The van der Waals surface area contributed by atoms with Crippen LogP contribution >= 0.6 is 0 Å². The quantitative estimate of drug-likeness (QED) is 0.598. The summed E-state index contributed by atoms with van der Waals surface area (Å²) in [5.41, 5.74) is -0.486. The first kappa shape index (κ1) is 21.0. The predicted octanol–water partition coefficient (Wildman–Crippen LogP) is 0.165. The number of nitrogens with one attached hydrogen (secondary N) is 1. The Morgan fingerprint density at radius 3 is 2.84 bits per heavy atom. The van der Waals surface area contributed by atoms with Crippen molar-refractivity contribution in [3.05, 3.63) is 63.2 Å². The fraction of sp³-hybridized carbons (Fsp3) is 0.429. The number of fused-ring (bicyclic) bond motifs is 1. The van der Waals surface area contributed by atoms with Crippen LogP contribution in [0.2, 0.25) is 0 Å². The predicted molar refractivity (Wildman–Crippen MR) is 113 cm³/mol. The zero-order chi connectivity index (χ0) is 22.2. The van der Waals surface area contributed by atoms with Gasteiger partial charge < -0.3 is 19.3 Å². The number of ether oxygens (including phenoxy) is 1. The number of carbonyl (C=O) groups is 1. The Labute approximate surface area is 177 Å². The third kappa shape index (κ3) is 4.17. The number of aryl methyl sites for hydroxylation is 1. The number of hydrogen-bond donors (Lipinski definition) is 2. The number of H-pyrrole nitrogens is 1. The molecule has 10 nitrogen and oxygen atoms in total. The normalized spacial score (nSPS) is 21.5. The maximum atomic E-state index is 12.7. The number of imidazole rings is 1. The average molecular weight is 427 g/mol. The molecule has 1 fully saturated rings. The van der Waals surface area contributed by atoms with E-state index in [2.05, 4.69) is 9.97 Å². The van der Waals surface area contributed by atoms with E-state index in [1.165, 1.54) is 16.8 Å². The summed E-state index contributed by atoms with van der Waals surface area (Å²) in [5.74, 6) is 0.477. The summed E-state index contributed by atoms with van der Waals surface area (Å²) in [6.45, 7) is 2.15. The lowest BCUT2D eigenvalue weighted by molar-refractivity contribution is -0.143. The Hall–Kier alpha value is -3.24. The number of para-hydroxylation sites is 2. The Kier molecular flexibility index (Phi) is 5.50. The minimum atomic E-state index is -1.20. The molecule has 10 heteroatoms. The Bertz CT molecular complexity index is 1220. The maximum absolute atomic E-state index is 12.7. The molecule has 3 heterocycles. The first-order valence-electron chi connectivity index (χ1n) is 10.1. The lowest BCUT2D eigenvalue weighted by Crippen LogP contribution is -2.55. The van der Waals surface area contributed by atoms with Gasteiger partial charge in [-0.3, -0.25) is 19.1 Å². The highest BCUT2D eigenvalue weighted by atomic mass is 16.5. The average Bonchev–Trinajstić information content (AvgIpc) is 3.04. The van der Waals surface area contributed by atoms with Crippen molar-refractivity contribution in [1.82, 2.24) is 24.0 Å². The molecule has 2 aromatic heterocycles. The first-order valence-corrected chi connectivity index (χ1v) is 10.1. The summed E-state index contributed by atoms with van der Waals surface area (Å²) in [6, 6.07) is 8.28. The van der Waals surface area contributed by atoms with Crippen LogP contribution in [0.4, 0.5) is 0 Å². The van der Waals surface area contributed by atoms with Gasteiger partial charge in [-0.15, -0.1) is 0 Å². The van der Waals surface area contributed by atoms with Gasteiger partial charge in [0.1, 0.15) is 19.0 Å². The smallest absolute Gasteiger partial charge is 0.328 e. The second-order valence-corrected chi connectivity index (χ2v) is 8.05. The molecule has 4 rings (SSSR count). The van der Waals surface area contributed by atoms with Crippen molar-refractivity contribution in [1.29, 1.82) is 0 Å². The zero-order valence-electron chi connectivity index (χ0n) is 17.4. The molecule has 0 unspecified atom stereocenters. The third-order valence-corrected chi connectivity index (χ3v) is 5.88. The van der Waals surface area contributed by atoms with Crippen molar-refractivity contribution >= 4 is 16.9 Å². The van der Waals surface area contributed by atoms with Gasteiger partial charge in [0.15, 0.2) is 0 Å². The number of nitrogens with zero attached hydrogens (tertiary/aromatic N) is 4. The number of hydrogen-bond acceptors (Lipinski definition) is 6. The summed E-state index contributed by atoms with van der Waals surface area (Å²) >= 11 is 0. The highest BCUT2D eigenvalue weighted by Gasteiger charge is 2.40. The molecule has 31 heavy (non-hydrogen) atoms. The molecule has 1 amide bonds. The van der Waals surface area contributed by atoms with Crippen molar-refractivity contribution in [2.45, 2.75) is 31.6 Å². The van der Waals surface area contributed by atoms with Gasteiger partial charge in [-0.25, -0.2) is 9.78 Å². The molecule has 0 bridgehead atoms. The number of benzene rings is 1. The molecule has 1 aromatic carbocycles. The third-order valence-electron chi connectivity index (χ3n) is 5.88. The van der Waals surface area contributed by atoms with Crippen molar-refractivity contribution in [2.24, 2.45) is 7.05 Å². The number of piperidine rings is 1. The van der Waals surface area contributed by atoms with E-state index in [1.807, 2.05) is 35.9 Å². The van der Waals surface area contributed by atoms with Crippen LogP contribution in [0.15, 0.2) is 46.1 Å². The number of aromatic amines is 1. The van der Waals surface area contributed by atoms with Gasteiger partial charge in [-0.1, -0.05) is 12.1 Å². The van der Waals surface area contributed by atoms with Crippen LogP contribution in [0.25, 0.3) is 11.0 Å². The minimum absolute atomic E-state index is 0.132. The summed E-state index contributed by atoms with van der Waals surface area (Å²) in [7, 11) is 1.90. The molecule has 0 spiro atoms. The molecular formula is C21H25N5O5. The summed E-state index contributed by atoms with van der Waals surface area (Å²) in [6.07, 6.45) is 1.64. The molecule has 2 atom stereocenters. The Morgan fingerprint density at radius 1 is 1.32 bits per heavy atom. The monoisotopic (exact) mass is 427 g/mol. The van der Waals surface area contributed by atoms with E-state index in [9.17, 15) is 19.5 Å². The van der Waals surface area contributed by atoms with E-state index in [4.69, 9.17) is 4.74 Å². The lowest BCUT2D eigenvalue weighted by Gasteiger charge is -2.43. The number of amides is 1. The van der Waals surface area contributed by atoms with E-state index in [0.717, 1.165) is 11.0 Å². The molecule has 1 saturated heterocycles. The van der Waals surface area contributed by atoms with Crippen LogP contribution in [0.1, 0.15) is 25.2 Å². The summed E-state index contributed by atoms with van der Waals surface area (Å²) < 4.78 is 8.82. The number of aliphatic hydroxyl groups is 1. The molecule has 1 aliphatic rings. The topological polar surface area (TPSA) is 122 Å². The SMILES string of the molecule is Cn1c(COCC(=O)N2CC[C@@](C)(O)[C@H](n3ccc(=O)[nH]c3=O)C2)nc2ccccc21. The van der Waals surface area contributed by atoms with Gasteiger partial charge >= 0.3 is 5.69 Å². The van der Waals surface area contributed by atoms with Crippen LogP contribution in [-0.2, 0) is 23.2 Å². The lowest BCUT2D eigenvalue weighted by atomic mass is 9.88. The molecule has 0 saturated carbocycles. The standard InChI is InChI=1S/C21H25N5O5/c1-21(30)8-10-25(11-16(21)26-9-7-18(27)23-20(26)29)19(28)13-31-12-17-22-14-5-3-4-6-15(14)24(17)2/h3-7,9,16,30H,8,10-13H2,1-2H3,(H,23,27,29)/t16-,21-/m1/s1. The largest absolute Gasteiger partial charge is 0.388 e. The highest BCUT2D eigenvalue weighted by molar-refractivity contribution is 5.78. The fourth-order valence-electron chi connectivity index (χ4n) is 3.96. The number of likely N-dealkylation sites (tertiary alicyclic amines) is 1. The first-order chi connectivity index (χ1) is 14.8. The zero-order valence-corrected chi connectivity index (χ0v) is 17.4. The molecule has 2 N–H and O–H groups in total. The molecule has 0 radical (unpaired) electrons. The summed E-state index contributed by atoms with van der Waals surface area (Å²) in [5, 5.41) is 10.8. The van der Waals surface area contributed by atoms with E-state index in [1.54, 1.807) is 11.8 Å². The van der Waals surface area contributed by atoms with Crippen LogP contribution < -0.4 is 11.2 Å². The highest BCUT2D eigenvalue weighted by Crippen LogP contribution is 2.30. The van der Waals surface area contributed by atoms with E-state index in [0.29, 0.717) is 18.8 Å². The number of carbonyl (C=O) groups excluding carboxylic acids is 1. The van der Waals surface area contributed by atoms with Crippen molar-refractivity contribution < 1.29 is 14.6 Å². The van der Waals surface area contributed by atoms with Gasteiger partial charge in [0.05, 0.1) is 22.7 Å². The number of aromatic nitrogens is 4. The van der Waals surface area contributed by atoms with Crippen molar-refractivity contribution in [3.8, 4) is 0 Å². The van der Waals surface area contributed by atoms with E-state index < -0.39 is 22.9 Å². The van der Waals surface area contributed by atoms with E-state index >= 15 is 0 Å². The van der Waals surface area contributed by atoms with E-state index in [-0.39, 0.29) is 25.7 Å². The Balaban J connectivity index is 1.42. The van der Waals surface area contributed by atoms with Crippen LogP contribution in [0.3, 0.4) is 0 Å². The van der Waals surface area contributed by atoms with Gasteiger partial charge in [-0.2, -0.15) is 0 Å². The molecule has 0 aliphatic carbocycles. The van der Waals surface area contributed by atoms with Gasteiger partial charge in [0, 0.05) is 32.4 Å². The second-order valence-electron chi connectivity index (χ2n) is 8.05. The minimum Gasteiger partial charge on any atom is -0.388 e. The van der Waals surface area contributed by atoms with Crippen molar-refractivity contribution in [3.63, 3.8) is 0 Å². The van der Waals surface area contributed by atoms with Gasteiger partial charge in [0.2, 0.25) is 5.91 Å². The van der Waals surface area contributed by atoms with Crippen molar-refractivity contribution in [2.75, 3.05) is 19.7 Å². The maximum Gasteiger partial charge on any atom is 0.328 e. The van der Waals surface area contributed by atoms with Crippen LogP contribution in [0.5, 0.6) is 0 Å². The van der Waals surface area contributed by atoms with Gasteiger partial charge in [-0.05, 0) is 25.5 Å². The molecule has 1 aliphatic heterocycles. The fourth-order valence-corrected chi connectivity index (χ4v) is 3.96. The number of rotatable bonds is 5. The van der Waals surface area contributed by atoms with Gasteiger partial charge in [0.25, 0.3) is 5.56 Å². The summed E-state index contributed by atoms with van der Waals surface area (Å²) in [4.78, 5) is 44.5. The van der Waals surface area contributed by atoms with Crippen LogP contribution in [-0.4, -0.2) is 60.3 Å². The van der Waals surface area contributed by atoms with Crippen LogP contribution in [0, 0.1) is 0 Å². The molecular weight excluding hydrogens is 402 g/mol. The second kappa shape index (κ2) is 8.12.